The molecule has 27 heavy (non-hydrogen) atoms. The average Bonchev–Trinajstić information content (AvgIpc) is 2.73. The molecule has 3 heteroatoms. The smallest absolute Gasteiger partial charge is 0.0545 e. The zero-order valence-electron chi connectivity index (χ0n) is 15.8. The van der Waals surface area contributed by atoms with Gasteiger partial charge in [0.25, 0.3) is 0 Å². The lowest BCUT2D eigenvalue weighted by Gasteiger charge is -2.20. The molecule has 1 N–H and O–H groups in total. The third-order valence-corrected chi connectivity index (χ3v) is 6.34. The van der Waals surface area contributed by atoms with Gasteiger partial charge in [0, 0.05) is 22.6 Å². The van der Waals surface area contributed by atoms with Crippen molar-refractivity contribution < 1.29 is 4.21 Å². The van der Waals surface area contributed by atoms with E-state index in [0.29, 0.717) is 11.7 Å². The normalized spacial score (nSPS) is 13.4. The quantitative estimate of drug-likeness (QED) is 0.569. The number of hydrogen-bond acceptors (Lipinski definition) is 2. The molecule has 3 aromatic carbocycles. The van der Waals surface area contributed by atoms with Crippen molar-refractivity contribution in [2.45, 2.75) is 30.2 Å². The van der Waals surface area contributed by atoms with Gasteiger partial charge in [-0.05, 0) is 43.1 Å². The van der Waals surface area contributed by atoms with Crippen LogP contribution in [0.25, 0.3) is 0 Å². The molecule has 0 radical (unpaired) electrons. The second-order valence-electron chi connectivity index (χ2n) is 6.84. The van der Waals surface area contributed by atoms with Crippen LogP contribution in [0.2, 0.25) is 0 Å². The molecule has 0 saturated carbocycles. The first-order valence-corrected chi connectivity index (χ1v) is 10.8. The fraction of sp³-hybridized carbons (Fsp3) is 0.250. The maximum atomic E-state index is 12.5. The van der Waals surface area contributed by atoms with Crippen LogP contribution in [0.5, 0.6) is 0 Å². The van der Waals surface area contributed by atoms with Crippen molar-refractivity contribution >= 4 is 10.8 Å². The summed E-state index contributed by atoms with van der Waals surface area (Å²) in [5, 5.41) is 3.56. The maximum absolute atomic E-state index is 12.5. The van der Waals surface area contributed by atoms with Gasteiger partial charge in [0.1, 0.15) is 0 Å². The van der Waals surface area contributed by atoms with Crippen LogP contribution < -0.4 is 5.32 Å². The Labute approximate surface area is 165 Å². The Morgan fingerprint density at radius 2 is 1.26 bits per heavy atom. The van der Waals surface area contributed by atoms with Gasteiger partial charge >= 0.3 is 0 Å². The Morgan fingerprint density at radius 1 is 0.778 bits per heavy atom. The molecule has 0 unspecified atom stereocenters. The molecule has 0 heterocycles. The molecular formula is C24H27NOS. The topological polar surface area (TPSA) is 29.1 Å². The van der Waals surface area contributed by atoms with Crippen LogP contribution in [0, 0.1) is 0 Å². The predicted molar refractivity (Wildman–Crippen MR) is 115 cm³/mol. The molecule has 2 nitrogen and oxygen atoms in total. The first-order chi connectivity index (χ1) is 13.2. The average molecular weight is 378 g/mol. The summed E-state index contributed by atoms with van der Waals surface area (Å²) in [7, 11) is -0.962. The molecule has 0 saturated heterocycles. The Kier molecular flexibility index (Phi) is 7.37. The summed E-state index contributed by atoms with van der Waals surface area (Å²) in [5.41, 5.74) is 2.68. The van der Waals surface area contributed by atoms with Crippen LogP contribution in [-0.4, -0.2) is 22.5 Å². The van der Waals surface area contributed by atoms with E-state index in [-0.39, 0.29) is 6.04 Å². The van der Waals surface area contributed by atoms with E-state index in [4.69, 9.17) is 0 Å². The highest BCUT2D eigenvalue weighted by atomic mass is 32.2. The van der Waals surface area contributed by atoms with Gasteiger partial charge in [-0.15, -0.1) is 0 Å². The predicted octanol–water partition coefficient (Wildman–Crippen LogP) is 4.99. The highest BCUT2D eigenvalue weighted by Gasteiger charge is 2.15. The first kappa shape index (κ1) is 19.5. The van der Waals surface area contributed by atoms with E-state index in [1.807, 2.05) is 30.3 Å². The van der Waals surface area contributed by atoms with Gasteiger partial charge in [0.2, 0.25) is 0 Å². The molecule has 0 bridgehead atoms. The maximum Gasteiger partial charge on any atom is 0.0545 e. The van der Waals surface area contributed by atoms with Crippen LogP contribution in [0.3, 0.4) is 0 Å². The van der Waals surface area contributed by atoms with Crippen molar-refractivity contribution in [1.82, 2.24) is 5.32 Å². The van der Waals surface area contributed by atoms with Crippen LogP contribution in [0.1, 0.15) is 30.4 Å². The van der Waals surface area contributed by atoms with E-state index < -0.39 is 10.8 Å². The van der Waals surface area contributed by atoms with E-state index in [0.717, 1.165) is 17.9 Å². The highest BCUT2D eigenvalue weighted by molar-refractivity contribution is 7.85. The molecule has 0 spiro atoms. The van der Waals surface area contributed by atoms with E-state index in [1.165, 1.54) is 11.1 Å². The number of benzene rings is 3. The van der Waals surface area contributed by atoms with Crippen LogP contribution in [0.15, 0.2) is 95.9 Å². The molecule has 0 amide bonds. The molecular weight excluding hydrogens is 350 g/mol. The van der Waals surface area contributed by atoms with Gasteiger partial charge in [0.05, 0.1) is 10.8 Å². The lowest BCUT2D eigenvalue weighted by atomic mass is 9.88. The minimum absolute atomic E-state index is 0.207. The monoisotopic (exact) mass is 377 g/mol. The lowest BCUT2D eigenvalue weighted by Crippen LogP contribution is -2.32. The Morgan fingerprint density at radius 3 is 1.78 bits per heavy atom. The minimum Gasteiger partial charge on any atom is -0.313 e. The summed E-state index contributed by atoms with van der Waals surface area (Å²) in [6.45, 7) is 3.00. The summed E-state index contributed by atoms with van der Waals surface area (Å²) in [4.78, 5) is 0.901. The molecule has 0 aliphatic rings. The fourth-order valence-electron chi connectivity index (χ4n) is 3.33. The van der Waals surface area contributed by atoms with Crippen molar-refractivity contribution in [3.05, 3.63) is 102 Å². The van der Waals surface area contributed by atoms with Crippen molar-refractivity contribution in [3.63, 3.8) is 0 Å². The Hall–Kier alpha value is -2.23. The lowest BCUT2D eigenvalue weighted by molar-refractivity contribution is 0.551. The summed E-state index contributed by atoms with van der Waals surface area (Å²) in [5.74, 6) is 0.998. The Bertz CT molecular complexity index is 781. The molecule has 0 aromatic heterocycles. The van der Waals surface area contributed by atoms with Gasteiger partial charge in [-0.1, -0.05) is 78.9 Å². The molecule has 0 fully saturated rings. The molecule has 2 atom stereocenters. The molecule has 140 valence electrons. The zero-order chi connectivity index (χ0) is 18.9. The van der Waals surface area contributed by atoms with Gasteiger partial charge in [-0.25, -0.2) is 0 Å². The fourth-order valence-corrected chi connectivity index (χ4v) is 4.55. The first-order valence-electron chi connectivity index (χ1n) is 9.50. The minimum atomic E-state index is -0.962. The number of nitrogens with one attached hydrogen (secondary N) is 1. The molecule has 3 aromatic rings. The molecule has 0 aliphatic heterocycles. The van der Waals surface area contributed by atoms with E-state index in [2.05, 4.69) is 72.9 Å². The van der Waals surface area contributed by atoms with Crippen molar-refractivity contribution in [3.8, 4) is 0 Å². The van der Waals surface area contributed by atoms with Gasteiger partial charge in [-0.2, -0.15) is 0 Å². The van der Waals surface area contributed by atoms with Crippen molar-refractivity contribution in [2.75, 3.05) is 12.3 Å². The van der Waals surface area contributed by atoms with E-state index in [9.17, 15) is 4.21 Å². The molecule has 3 rings (SSSR count). The van der Waals surface area contributed by atoms with Gasteiger partial charge < -0.3 is 5.32 Å². The highest BCUT2D eigenvalue weighted by Crippen LogP contribution is 2.27. The second-order valence-corrected chi connectivity index (χ2v) is 8.34. The third-order valence-electron chi connectivity index (χ3n) is 4.74. The summed E-state index contributed by atoms with van der Waals surface area (Å²) < 4.78 is 12.5. The standard InChI is InChI=1S/C24H27NOS/c1-20(19-27(26)23-15-9-4-10-16-23)25-18-17-24(21-11-5-2-6-12-21)22-13-7-3-8-14-22/h2-16,20,24-25H,17-19H2,1H3/t20-,27-/m1/s1. The summed E-state index contributed by atoms with van der Waals surface area (Å²) in [6, 6.07) is 31.2. The van der Waals surface area contributed by atoms with Crippen LogP contribution in [-0.2, 0) is 10.8 Å². The number of hydrogen-bond donors (Lipinski definition) is 1. The van der Waals surface area contributed by atoms with Crippen LogP contribution >= 0.6 is 0 Å². The van der Waals surface area contributed by atoms with Gasteiger partial charge in [-0.3, -0.25) is 4.21 Å². The van der Waals surface area contributed by atoms with E-state index in [1.54, 1.807) is 0 Å². The number of rotatable bonds is 9. The van der Waals surface area contributed by atoms with Crippen molar-refractivity contribution in [1.29, 1.82) is 0 Å². The van der Waals surface area contributed by atoms with Crippen LogP contribution in [0.4, 0.5) is 0 Å². The molecule has 0 aliphatic carbocycles. The van der Waals surface area contributed by atoms with E-state index >= 15 is 0 Å². The van der Waals surface area contributed by atoms with Gasteiger partial charge in [0.15, 0.2) is 0 Å². The van der Waals surface area contributed by atoms with Crippen molar-refractivity contribution in [2.24, 2.45) is 0 Å². The largest absolute Gasteiger partial charge is 0.313 e. The zero-order valence-corrected chi connectivity index (χ0v) is 16.6. The summed E-state index contributed by atoms with van der Waals surface area (Å²) in [6.07, 6.45) is 1.01. The SMILES string of the molecule is C[C@H](C[S@@](=O)c1ccccc1)NCCC(c1ccccc1)c1ccccc1. The second kappa shape index (κ2) is 10.2. The Balaban J connectivity index is 1.57. The third kappa shape index (κ3) is 5.88. The summed E-state index contributed by atoms with van der Waals surface area (Å²) >= 11 is 0.